The van der Waals surface area contributed by atoms with Gasteiger partial charge in [-0.1, -0.05) is 11.8 Å². The molecule has 0 bridgehead atoms. The van der Waals surface area contributed by atoms with Crippen LogP contribution in [0.4, 0.5) is 0 Å². The van der Waals surface area contributed by atoms with E-state index in [1.807, 2.05) is 0 Å². The van der Waals surface area contributed by atoms with Crippen LogP contribution in [0.1, 0.15) is 28.2 Å². The molecule has 2 heterocycles. The van der Waals surface area contributed by atoms with Crippen LogP contribution in [-0.4, -0.2) is 43.5 Å². The molecule has 1 unspecified atom stereocenters. The summed E-state index contributed by atoms with van der Waals surface area (Å²) in [6.45, 7) is 0. The van der Waals surface area contributed by atoms with E-state index in [1.165, 1.54) is 11.8 Å². The first-order valence-corrected chi connectivity index (χ1v) is 10.6. The molecule has 0 N–H and O–H groups in total. The fraction of sp³-hybridized carbons (Fsp3) is 0.438. The molecule has 1 atom stereocenters. The Kier molecular flexibility index (Phi) is 5.43. The van der Waals surface area contributed by atoms with Crippen LogP contribution in [-0.2, 0) is 22.0 Å². The SMILES string of the molecule is COc1ccc(C=O)cc1CSc1nnc(CC2CCS(=O)(=O)C2)o1. The molecule has 1 aliphatic heterocycles. The van der Waals surface area contributed by atoms with Gasteiger partial charge in [-0.05, 0) is 30.5 Å². The van der Waals surface area contributed by atoms with Crippen LogP contribution in [0.25, 0.3) is 0 Å². The molecule has 1 saturated heterocycles. The maximum absolute atomic E-state index is 11.5. The Morgan fingerprint density at radius 3 is 2.92 bits per heavy atom. The van der Waals surface area contributed by atoms with Gasteiger partial charge in [-0.25, -0.2) is 8.42 Å². The number of thioether (sulfide) groups is 1. The lowest BCUT2D eigenvalue weighted by molar-refractivity contribution is 0.112. The number of aromatic nitrogens is 2. The van der Waals surface area contributed by atoms with Crippen LogP contribution in [0, 0.1) is 5.92 Å². The second-order valence-corrected chi connectivity index (χ2v) is 9.07. The molecule has 1 aromatic heterocycles. The molecule has 1 fully saturated rings. The lowest BCUT2D eigenvalue weighted by Crippen LogP contribution is -2.07. The van der Waals surface area contributed by atoms with E-state index in [2.05, 4.69) is 10.2 Å². The van der Waals surface area contributed by atoms with Gasteiger partial charge >= 0.3 is 0 Å². The number of benzene rings is 1. The Balaban J connectivity index is 1.61. The van der Waals surface area contributed by atoms with Crippen molar-refractivity contribution in [2.45, 2.75) is 23.8 Å². The number of carbonyl (C=O) groups excluding carboxylic acids is 1. The van der Waals surface area contributed by atoms with Crippen LogP contribution in [0.3, 0.4) is 0 Å². The van der Waals surface area contributed by atoms with E-state index in [-0.39, 0.29) is 17.4 Å². The molecular weight excluding hydrogens is 364 g/mol. The maximum Gasteiger partial charge on any atom is 0.276 e. The van der Waals surface area contributed by atoms with Crippen molar-refractivity contribution in [2.75, 3.05) is 18.6 Å². The minimum atomic E-state index is -2.91. The summed E-state index contributed by atoms with van der Waals surface area (Å²) in [6, 6.07) is 5.21. The van der Waals surface area contributed by atoms with E-state index in [1.54, 1.807) is 25.3 Å². The van der Waals surface area contributed by atoms with Crippen molar-refractivity contribution in [2.24, 2.45) is 5.92 Å². The number of hydrogen-bond donors (Lipinski definition) is 0. The second kappa shape index (κ2) is 7.57. The zero-order valence-electron chi connectivity index (χ0n) is 13.7. The highest BCUT2D eigenvalue weighted by atomic mass is 32.2. The third kappa shape index (κ3) is 4.60. The largest absolute Gasteiger partial charge is 0.496 e. The highest BCUT2D eigenvalue weighted by molar-refractivity contribution is 7.98. The number of methoxy groups -OCH3 is 1. The molecule has 0 saturated carbocycles. The molecule has 0 spiro atoms. The first kappa shape index (κ1) is 17.9. The number of carbonyl (C=O) groups is 1. The van der Waals surface area contributed by atoms with Crippen molar-refractivity contribution >= 4 is 27.9 Å². The number of rotatable bonds is 7. The van der Waals surface area contributed by atoms with Gasteiger partial charge in [0.1, 0.15) is 12.0 Å². The Hall–Kier alpha value is -1.87. The fourth-order valence-corrected chi connectivity index (χ4v) is 5.40. The lowest BCUT2D eigenvalue weighted by Gasteiger charge is -2.07. The Morgan fingerprint density at radius 1 is 1.40 bits per heavy atom. The van der Waals surface area contributed by atoms with Crippen LogP contribution in [0.5, 0.6) is 5.75 Å². The van der Waals surface area contributed by atoms with Gasteiger partial charge in [-0.15, -0.1) is 10.2 Å². The molecule has 3 rings (SSSR count). The quantitative estimate of drug-likeness (QED) is 0.531. The monoisotopic (exact) mass is 382 g/mol. The van der Waals surface area contributed by atoms with Crippen molar-refractivity contribution in [3.8, 4) is 5.75 Å². The topological polar surface area (TPSA) is 99.4 Å². The Bertz CT molecular complexity index is 863. The number of aldehydes is 1. The van der Waals surface area contributed by atoms with Crippen LogP contribution in [0.15, 0.2) is 27.8 Å². The molecule has 7 nitrogen and oxygen atoms in total. The molecule has 9 heteroatoms. The predicted octanol–water partition coefficient (Wildman–Crippen LogP) is 2.16. The minimum Gasteiger partial charge on any atom is -0.496 e. The van der Waals surface area contributed by atoms with Crippen LogP contribution >= 0.6 is 11.8 Å². The van der Waals surface area contributed by atoms with E-state index in [0.717, 1.165) is 11.8 Å². The van der Waals surface area contributed by atoms with Gasteiger partial charge in [0.2, 0.25) is 5.89 Å². The predicted molar refractivity (Wildman–Crippen MR) is 92.7 cm³/mol. The summed E-state index contributed by atoms with van der Waals surface area (Å²) in [5.74, 6) is 2.14. The smallest absolute Gasteiger partial charge is 0.276 e. The van der Waals surface area contributed by atoms with Gasteiger partial charge in [0.25, 0.3) is 5.22 Å². The molecule has 25 heavy (non-hydrogen) atoms. The van der Waals surface area contributed by atoms with Crippen molar-refractivity contribution < 1.29 is 22.4 Å². The lowest BCUT2D eigenvalue weighted by atomic mass is 10.1. The number of ether oxygens (including phenoxy) is 1. The average molecular weight is 382 g/mol. The summed E-state index contributed by atoms with van der Waals surface area (Å²) >= 11 is 1.35. The maximum atomic E-state index is 11.5. The van der Waals surface area contributed by atoms with E-state index < -0.39 is 9.84 Å². The van der Waals surface area contributed by atoms with Crippen molar-refractivity contribution in [1.29, 1.82) is 0 Å². The molecule has 0 radical (unpaired) electrons. The standard InChI is InChI=1S/C16H18N2O5S2/c1-22-14-3-2-11(8-19)6-13(14)9-24-16-18-17-15(23-16)7-12-4-5-25(20,21)10-12/h2-3,6,8,12H,4-5,7,9-10H2,1H3. The summed E-state index contributed by atoms with van der Waals surface area (Å²) in [4.78, 5) is 10.9. The number of sulfone groups is 1. The van der Waals surface area contributed by atoms with Crippen LogP contribution < -0.4 is 4.74 Å². The molecule has 1 aromatic carbocycles. The van der Waals surface area contributed by atoms with Crippen molar-refractivity contribution in [1.82, 2.24) is 10.2 Å². The summed E-state index contributed by atoms with van der Waals surface area (Å²) < 4.78 is 33.9. The Morgan fingerprint density at radius 2 is 2.24 bits per heavy atom. The van der Waals surface area contributed by atoms with Gasteiger partial charge in [-0.3, -0.25) is 4.79 Å². The Labute approximate surface area is 150 Å². The van der Waals surface area contributed by atoms with Crippen molar-refractivity contribution in [3.63, 3.8) is 0 Å². The van der Waals surface area contributed by atoms with Crippen molar-refractivity contribution in [3.05, 3.63) is 35.2 Å². The number of nitrogens with zero attached hydrogens (tertiary/aromatic N) is 2. The van der Waals surface area contributed by atoms with Gasteiger partial charge in [-0.2, -0.15) is 0 Å². The highest BCUT2D eigenvalue weighted by Crippen LogP contribution is 2.29. The van der Waals surface area contributed by atoms with Gasteiger partial charge in [0, 0.05) is 23.3 Å². The van der Waals surface area contributed by atoms with Gasteiger partial charge in [0.15, 0.2) is 9.84 Å². The summed E-state index contributed by atoms with van der Waals surface area (Å²) in [6.07, 6.45) is 1.91. The second-order valence-electron chi connectivity index (χ2n) is 5.91. The fourth-order valence-electron chi connectivity index (χ4n) is 2.78. The van der Waals surface area contributed by atoms with Gasteiger partial charge < -0.3 is 9.15 Å². The van der Waals surface area contributed by atoms with E-state index >= 15 is 0 Å². The first-order valence-electron chi connectivity index (χ1n) is 7.77. The van der Waals surface area contributed by atoms with Gasteiger partial charge in [0.05, 0.1) is 18.6 Å². The summed E-state index contributed by atoms with van der Waals surface area (Å²) in [5.41, 5.74) is 1.43. The minimum absolute atomic E-state index is 0.0488. The summed E-state index contributed by atoms with van der Waals surface area (Å²) in [5, 5.41) is 8.40. The van der Waals surface area contributed by atoms with E-state index in [9.17, 15) is 13.2 Å². The first-order chi connectivity index (χ1) is 12.0. The molecule has 1 aliphatic rings. The third-order valence-electron chi connectivity index (χ3n) is 4.03. The normalized spacial score (nSPS) is 19.0. The highest BCUT2D eigenvalue weighted by Gasteiger charge is 2.29. The van der Waals surface area contributed by atoms with Crippen LogP contribution in [0.2, 0.25) is 0 Å². The molecule has 0 aliphatic carbocycles. The zero-order chi connectivity index (χ0) is 17.9. The molecular formula is C16H18N2O5S2. The third-order valence-corrected chi connectivity index (χ3v) is 6.73. The zero-order valence-corrected chi connectivity index (χ0v) is 15.3. The van der Waals surface area contributed by atoms with E-state index in [4.69, 9.17) is 9.15 Å². The number of hydrogen-bond acceptors (Lipinski definition) is 8. The molecule has 0 amide bonds. The average Bonchev–Trinajstić information content (AvgIpc) is 3.18. The summed E-state index contributed by atoms with van der Waals surface area (Å²) in [7, 11) is -1.33. The molecule has 2 aromatic rings. The molecule has 134 valence electrons. The van der Waals surface area contributed by atoms with E-state index in [0.29, 0.717) is 41.0 Å².